The van der Waals surface area contributed by atoms with Crippen LogP contribution in [0.25, 0.3) is 0 Å². The second kappa shape index (κ2) is 6.28. The minimum atomic E-state index is -0.467. The number of carbonyl (C=O) groups is 1. The molecule has 116 valence electrons. The normalized spacial score (nSPS) is 22.8. The number of amides is 1. The Bertz CT molecular complexity index is 472. The van der Waals surface area contributed by atoms with Crippen LogP contribution in [0.1, 0.15) is 34.1 Å². The van der Waals surface area contributed by atoms with Crippen molar-refractivity contribution in [2.75, 3.05) is 18.4 Å². The van der Waals surface area contributed by atoms with Crippen LogP contribution in [0, 0.1) is 5.92 Å². The molecule has 2 atom stereocenters. The second-order valence-electron chi connectivity index (χ2n) is 6.52. The first-order chi connectivity index (χ1) is 9.85. The molecule has 1 aliphatic rings. The van der Waals surface area contributed by atoms with Crippen molar-refractivity contribution in [3.05, 3.63) is 18.5 Å². The topological polar surface area (TPSA) is 67.3 Å². The van der Waals surface area contributed by atoms with E-state index >= 15 is 0 Å². The molecule has 2 rings (SSSR count). The highest BCUT2D eigenvalue weighted by Crippen LogP contribution is 2.21. The minimum absolute atomic E-state index is 0.133. The molecule has 21 heavy (non-hydrogen) atoms. The van der Waals surface area contributed by atoms with Crippen LogP contribution in [0.4, 0.5) is 10.7 Å². The molecule has 1 aliphatic heterocycles. The van der Waals surface area contributed by atoms with Crippen molar-refractivity contribution < 1.29 is 9.53 Å². The van der Waals surface area contributed by atoms with E-state index in [1.165, 1.54) is 0 Å². The third-order valence-corrected chi connectivity index (χ3v) is 3.49. The van der Waals surface area contributed by atoms with Gasteiger partial charge in [-0.3, -0.25) is 0 Å². The Labute approximate surface area is 125 Å². The Kier molecular flexibility index (Phi) is 4.65. The van der Waals surface area contributed by atoms with Gasteiger partial charge in [-0.05, 0) is 39.2 Å². The predicted octanol–water partition coefficient (Wildman–Crippen LogP) is 2.53. The number of anilines is 1. The molecule has 0 aliphatic carbocycles. The zero-order chi connectivity index (χ0) is 15.5. The van der Waals surface area contributed by atoms with Gasteiger partial charge in [-0.2, -0.15) is 0 Å². The average molecular weight is 292 g/mol. The molecule has 1 amide bonds. The predicted molar refractivity (Wildman–Crippen MR) is 81.0 cm³/mol. The Morgan fingerprint density at radius 2 is 2.05 bits per heavy atom. The molecular weight excluding hydrogens is 268 g/mol. The molecule has 1 fully saturated rings. The van der Waals surface area contributed by atoms with Crippen LogP contribution >= 0.6 is 0 Å². The third kappa shape index (κ3) is 4.58. The fourth-order valence-electron chi connectivity index (χ4n) is 2.29. The molecule has 1 aromatic rings. The molecule has 6 nitrogen and oxygen atoms in total. The minimum Gasteiger partial charge on any atom is -0.444 e. The van der Waals surface area contributed by atoms with E-state index in [2.05, 4.69) is 22.2 Å². The lowest BCUT2D eigenvalue weighted by molar-refractivity contribution is 0.0176. The molecule has 6 heteroatoms. The van der Waals surface area contributed by atoms with Crippen LogP contribution < -0.4 is 5.32 Å². The molecule has 1 aromatic heterocycles. The summed E-state index contributed by atoms with van der Waals surface area (Å²) in [6.07, 6.45) is 4.09. The lowest BCUT2D eigenvalue weighted by Gasteiger charge is -2.37. The summed E-state index contributed by atoms with van der Waals surface area (Å²) in [5.74, 6) is 1.05. The van der Waals surface area contributed by atoms with Gasteiger partial charge in [-0.1, -0.05) is 6.92 Å². The van der Waals surface area contributed by atoms with Crippen molar-refractivity contribution in [1.82, 2.24) is 14.9 Å². The summed E-state index contributed by atoms with van der Waals surface area (Å²) >= 11 is 0. The van der Waals surface area contributed by atoms with Gasteiger partial charge in [0.15, 0.2) is 0 Å². The van der Waals surface area contributed by atoms with Gasteiger partial charge >= 0.3 is 6.09 Å². The molecular formula is C15H24N4O2. The van der Waals surface area contributed by atoms with Crippen LogP contribution in [-0.4, -0.2) is 45.7 Å². The number of carbonyl (C=O) groups excluding carboxylic acids is 1. The monoisotopic (exact) mass is 292 g/mol. The fourth-order valence-corrected chi connectivity index (χ4v) is 2.29. The maximum Gasteiger partial charge on any atom is 0.410 e. The van der Waals surface area contributed by atoms with Crippen molar-refractivity contribution in [2.45, 2.75) is 45.8 Å². The van der Waals surface area contributed by atoms with Crippen LogP contribution in [0.2, 0.25) is 0 Å². The summed E-state index contributed by atoms with van der Waals surface area (Å²) in [5, 5.41) is 3.31. The molecule has 0 bridgehead atoms. The highest BCUT2D eigenvalue weighted by molar-refractivity contribution is 5.68. The first-order valence-electron chi connectivity index (χ1n) is 7.36. The van der Waals surface area contributed by atoms with E-state index in [0.717, 1.165) is 13.0 Å². The molecule has 2 heterocycles. The molecule has 1 N–H and O–H groups in total. The van der Waals surface area contributed by atoms with E-state index in [1.54, 1.807) is 23.4 Å². The van der Waals surface area contributed by atoms with Crippen molar-refractivity contribution in [1.29, 1.82) is 0 Å². The van der Waals surface area contributed by atoms with Gasteiger partial charge in [0.25, 0.3) is 0 Å². The SMILES string of the molecule is CC1CCN(C(=O)OC(C)(C)C)CC1Nc1ncccn1. The Morgan fingerprint density at radius 1 is 1.38 bits per heavy atom. The summed E-state index contributed by atoms with van der Waals surface area (Å²) in [6.45, 7) is 9.15. The summed E-state index contributed by atoms with van der Waals surface area (Å²) in [4.78, 5) is 22.3. The smallest absolute Gasteiger partial charge is 0.410 e. The van der Waals surface area contributed by atoms with E-state index in [1.807, 2.05) is 20.8 Å². The molecule has 0 radical (unpaired) electrons. The van der Waals surface area contributed by atoms with Crippen molar-refractivity contribution in [3.8, 4) is 0 Å². The van der Waals surface area contributed by atoms with Crippen molar-refractivity contribution in [3.63, 3.8) is 0 Å². The quantitative estimate of drug-likeness (QED) is 0.907. The number of nitrogens with zero attached hydrogens (tertiary/aromatic N) is 3. The van der Waals surface area contributed by atoms with Gasteiger partial charge < -0.3 is 15.0 Å². The van der Waals surface area contributed by atoms with E-state index in [4.69, 9.17) is 4.74 Å². The average Bonchev–Trinajstić information content (AvgIpc) is 2.40. The van der Waals surface area contributed by atoms with E-state index in [0.29, 0.717) is 18.4 Å². The van der Waals surface area contributed by atoms with Crippen LogP contribution in [0.15, 0.2) is 18.5 Å². The maximum atomic E-state index is 12.2. The Balaban J connectivity index is 1.97. The lowest BCUT2D eigenvalue weighted by atomic mass is 9.94. The molecule has 0 saturated carbocycles. The van der Waals surface area contributed by atoms with Crippen molar-refractivity contribution in [2.24, 2.45) is 5.92 Å². The number of likely N-dealkylation sites (tertiary alicyclic amines) is 1. The highest BCUT2D eigenvalue weighted by Gasteiger charge is 2.31. The molecule has 2 unspecified atom stereocenters. The number of ether oxygens (including phenoxy) is 1. The van der Waals surface area contributed by atoms with Crippen LogP contribution in [0.5, 0.6) is 0 Å². The van der Waals surface area contributed by atoms with Gasteiger partial charge in [0, 0.05) is 31.5 Å². The zero-order valence-electron chi connectivity index (χ0n) is 13.2. The maximum absolute atomic E-state index is 12.2. The number of aromatic nitrogens is 2. The fraction of sp³-hybridized carbons (Fsp3) is 0.667. The number of hydrogen-bond acceptors (Lipinski definition) is 5. The van der Waals surface area contributed by atoms with E-state index in [9.17, 15) is 4.79 Å². The Morgan fingerprint density at radius 3 is 2.67 bits per heavy atom. The summed E-state index contributed by atoms with van der Waals surface area (Å²) < 4.78 is 5.44. The summed E-state index contributed by atoms with van der Waals surface area (Å²) in [5.41, 5.74) is -0.467. The molecule has 0 aromatic carbocycles. The molecule has 1 saturated heterocycles. The standard InChI is InChI=1S/C15H24N4O2/c1-11-6-9-19(14(20)21-15(2,3)4)10-12(11)18-13-16-7-5-8-17-13/h5,7-8,11-12H,6,9-10H2,1-4H3,(H,16,17,18). The first-order valence-corrected chi connectivity index (χ1v) is 7.36. The van der Waals surface area contributed by atoms with Gasteiger partial charge in [0.2, 0.25) is 5.95 Å². The summed E-state index contributed by atoms with van der Waals surface area (Å²) in [7, 11) is 0. The van der Waals surface area contributed by atoms with Crippen LogP contribution in [-0.2, 0) is 4.74 Å². The van der Waals surface area contributed by atoms with E-state index < -0.39 is 5.60 Å². The number of hydrogen-bond donors (Lipinski definition) is 1. The number of nitrogens with one attached hydrogen (secondary N) is 1. The first kappa shape index (κ1) is 15.5. The van der Waals surface area contributed by atoms with Crippen LogP contribution in [0.3, 0.4) is 0 Å². The van der Waals surface area contributed by atoms with Gasteiger partial charge in [0.1, 0.15) is 5.60 Å². The molecule has 0 spiro atoms. The van der Waals surface area contributed by atoms with Gasteiger partial charge in [-0.15, -0.1) is 0 Å². The van der Waals surface area contributed by atoms with Gasteiger partial charge in [-0.25, -0.2) is 14.8 Å². The number of rotatable bonds is 2. The van der Waals surface area contributed by atoms with Crippen molar-refractivity contribution >= 4 is 12.0 Å². The van der Waals surface area contributed by atoms with Gasteiger partial charge in [0.05, 0.1) is 0 Å². The Hall–Kier alpha value is -1.85. The summed E-state index contributed by atoms with van der Waals surface area (Å²) in [6, 6.07) is 1.91. The lowest BCUT2D eigenvalue weighted by Crippen LogP contribution is -2.50. The second-order valence-corrected chi connectivity index (χ2v) is 6.52. The zero-order valence-corrected chi connectivity index (χ0v) is 13.2. The highest BCUT2D eigenvalue weighted by atomic mass is 16.6. The largest absolute Gasteiger partial charge is 0.444 e. The third-order valence-electron chi connectivity index (χ3n) is 3.49. The van der Waals surface area contributed by atoms with E-state index in [-0.39, 0.29) is 12.1 Å². The number of piperidine rings is 1.